The van der Waals surface area contributed by atoms with E-state index in [4.69, 9.17) is 5.11 Å². The van der Waals surface area contributed by atoms with E-state index in [0.717, 1.165) is 6.92 Å². The highest BCUT2D eigenvalue weighted by Crippen LogP contribution is 2.22. The maximum absolute atomic E-state index is 11.7. The Morgan fingerprint density at radius 3 is 2.27 bits per heavy atom. The minimum atomic E-state index is -4.29. The van der Waals surface area contributed by atoms with Gasteiger partial charge in [0.05, 0.1) is 0 Å². The zero-order valence-electron chi connectivity index (χ0n) is 8.10. The molecule has 1 atom stereocenters. The molecule has 0 saturated carbocycles. The Hall–Kier alpha value is -1.27. The van der Waals surface area contributed by atoms with E-state index in [1.807, 2.05) is 0 Å². The van der Waals surface area contributed by atoms with Crippen LogP contribution in [0.15, 0.2) is 0 Å². The molecule has 1 amide bonds. The fraction of sp³-hybridized carbons (Fsp3) is 0.750. The molecule has 0 bridgehead atoms. The summed E-state index contributed by atoms with van der Waals surface area (Å²) < 4.78 is 35.2. The molecule has 0 rings (SSSR count). The molecule has 0 unspecified atom stereocenters. The molecular weight excluding hydrogens is 215 g/mol. The van der Waals surface area contributed by atoms with Gasteiger partial charge < -0.3 is 10.4 Å². The lowest BCUT2D eigenvalue weighted by molar-refractivity contribution is -0.144. The fourth-order valence-electron chi connectivity index (χ4n) is 1.01. The molecule has 0 aliphatic heterocycles. The van der Waals surface area contributed by atoms with E-state index in [1.54, 1.807) is 0 Å². The molecule has 0 fully saturated rings. The second-order valence-electron chi connectivity index (χ2n) is 3.10. The summed E-state index contributed by atoms with van der Waals surface area (Å²) in [5.74, 6) is -1.90. The third-order valence-corrected chi connectivity index (χ3v) is 1.63. The van der Waals surface area contributed by atoms with Crippen LogP contribution in [-0.4, -0.2) is 29.2 Å². The summed E-state index contributed by atoms with van der Waals surface area (Å²) >= 11 is 0. The van der Waals surface area contributed by atoms with Gasteiger partial charge in [-0.05, 0) is 12.8 Å². The molecule has 0 radical (unpaired) electrons. The van der Waals surface area contributed by atoms with Gasteiger partial charge in [-0.3, -0.25) is 4.79 Å². The van der Waals surface area contributed by atoms with Crippen molar-refractivity contribution < 1.29 is 27.9 Å². The molecule has 0 aromatic heterocycles. The number of rotatable bonds is 5. The molecule has 0 spiro atoms. The van der Waals surface area contributed by atoms with Crippen molar-refractivity contribution in [2.45, 2.75) is 38.4 Å². The van der Waals surface area contributed by atoms with E-state index < -0.39 is 30.5 Å². The van der Waals surface area contributed by atoms with E-state index in [0.29, 0.717) is 0 Å². The molecule has 2 N–H and O–H groups in total. The first-order valence-corrected chi connectivity index (χ1v) is 4.29. The van der Waals surface area contributed by atoms with Crippen molar-refractivity contribution in [3.8, 4) is 0 Å². The predicted octanol–water partition coefficient (Wildman–Crippen LogP) is 1.31. The number of carboxylic acid groups (broad SMARTS) is 1. The second kappa shape index (κ2) is 5.57. The lowest BCUT2D eigenvalue weighted by Crippen LogP contribution is -2.39. The van der Waals surface area contributed by atoms with Crippen molar-refractivity contribution in [1.29, 1.82) is 0 Å². The predicted molar refractivity (Wildman–Crippen MR) is 45.1 cm³/mol. The highest BCUT2D eigenvalue weighted by atomic mass is 19.4. The summed E-state index contributed by atoms with van der Waals surface area (Å²) in [5, 5.41) is 10.6. The molecule has 7 heteroatoms. The van der Waals surface area contributed by atoms with Gasteiger partial charge in [0.2, 0.25) is 5.91 Å². The second-order valence-corrected chi connectivity index (χ2v) is 3.10. The minimum absolute atomic E-state index is 0.228. The van der Waals surface area contributed by atoms with Crippen LogP contribution in [-0.2, 0) is 9.59 Å². The van der Waals surface area contributed by atoms with Crippen LogP contribution in [0.25, 0.3) is 0 Å². The van der Waals surface area contributed by atoms with Gasteiger partial charge in [-0.2, -0.15) is 13.2 Å². The fourth-order valence-corrected chi connectivity index (χ4v) is 1.01. The summed E-state index contributed by atoms with van der Waals surface area (Å²) in [6, 6.07) is -1.25. The number of aliphatic carboxylic acids is 1. The third kappa shape index (κ3) is 7.77. The lowest BCUT2D eigenvalue weighted by Gasteiger charge is -2.13. The molecule has 15 heavy (non-hydrogen) atoms. The Labute approximate surface area is 84.5 Å². The Kier molecular flexibility index (Phi) is 5.10. The summed E-state index contributed by atoms with van der Waals surface area (Å²) in [6.07, 6.45) is -5.88. The van der Waals surface area contributed by atoms with Gasteiger partial charge in [0.1, 0.15) is 6.04 Å². The smallest absolute Gasteiger partial charge is 0.389 e. The quantitative estimate of drug-likeness (QED) is 0.744. The SMILES string of the molecule is CC(=O)N[C@H](CCCC(F)(F)F)C(=O)O. The highest BCUT2D eigenvalue weighted by molar-refractivity contribution is 5.81. The normalized spacial score (nSPS) is 13.3. The number of halogens is 3. The van der Waals surface area contributed by atoms with Crippen molar-refractivity contribution in [2.24, 2.45) is 0 Å². The summed E-state index contributed by atoms with van der Waals surface area (Å²) in [6.45, 7) is 1.11. The number of hydrogen-bond acceptors (Lipinski definition) is 2. The van der Waals surface area contributed by atoms with E-state index in [-0.39, 0.29) is 12.8 Å². The Balaban J connectivity index is 3.98. The Morgan fingerprint density at radius 1 is 1.40 bits per heavy atom. The van der Waals surface area contributed by atoms with Crippen molar-refractivity contribution in [3.63, 3.8) is 0 Å². The van der Waals surface area contributed by atoms with Crippen molar-refractivity contribution in [3.05, 3.63) is 0 Å². The molecule has 0 saturated heterocycles. The van der Waals surface area contributed by atoms with Gasteiger partial charge in [0, 0.05) is 13.3 Å². The Morgan fingerprint density at radius 2 is 1.93 bits per heavy atom. The standard InChI is InChI=1S/C8H12F3NO3/c1-5(13)12-6(7(14)15)3-2-4-8(9,10)11/h6H,2-4H2,1H3,(H,12,13)(H,14,15)/t6-/m1/s1. The van der Waals surface area contributed by atoms with Crippen molar-refractivity contribution in [1.82, 2.24) is 5.32 Å². The first kappa shape index (κ1) is 13.7. The van der Waals surface area contributed by atoms with Gasteiger partial charge in [-0.25, -0.2) is 4.79 Å². The van der Waals surface area contributed by atoms with Crippen molar-refractivity contribution in [2.75, 3.05) is 0 Å². The van der Waals surface area contributed by atoms with Crippen LogP contribution in [0.5, 0.6) is 0 Å². The van der Waals surface area contributed by atoms with Gasteiger partial charge in [-0.1, -0.05) is 0 Å². The van der Waals surface area contributed by atoms with E-state index in [1.165, 1.54) is 0 Å². The maximum Gasteiger partial charge on any atom is 0.389 e. The van der Waals surface area contributed by atoms with Gasteiger partial charge >= 0.3 is 12.1 Å². The number of amides is 1. The maximum atomic E-state index is 11.7. The first-order valence-electron chi connectivity index (χ1n) is 4.29. The lowest BCUT2D eigenvalue weighted by atomic mass is 10.1. The van der Waals surface area contributed by atoms with Crippen LogP contribution in [0.4, 0.5) is 13.2 Å². The van der Waals surface area contributed by atoms with Crippen LogP contribution >= 0.6 is 0 Å². The monoisotopic (exact) mass is 227 g/mol. The molecule has 0 aliphatic rings. The van der Waals surface area contributed by atoms with Crippen molar-refractivity contribution >= 4 is 11.9 Å². The average Bonchev–Trinajstić information content (AvgIpc) is 1.99. The van der Waals surface area contributed by atoms with Gasteiger partial charge in [0.15, 0.2) is 0 Å². The summed E-state index contributed by atoms with van der Waals surface area (Å²) in [7, 11) is 0. The topological polar surface area (TPSA) is 66.4 Å². The zero-order valence-corrected chi connectivity index (χ0v) is 8.10. The van der Waals surface area contributed by atoms with Crippen LogP contribution in [0.1, 0.15) is 26.2 Å². The molecule has 0 aromatic rings. The van der Waals surface area contributed by atoms with E-state index >= 15 is 0 Å². The zero-order chi connectivity index (χ0) is 12.1. The largest absolute Gasteiger partial charge is 0.480 e. The van der Waals surface area contributed by atoms with Crippen LogP contribution in [0, 0.1) is 0 Å². The molecular formula is C8H12F3NO3. The minimum Gasteiger partial charge on any atom is -0.480 e. The number of carboxylic acids is 1. The molecule has 4 nitrogen and oxygen atoms in total. The van der Waals surface area contributed by atoms with Gasteiger partial charge in [-0.15, -0.1) is 0 Å². The highest BCUT2D eigenvalue weighted by Gasteiger charge is 2.28. The summed E-state index contributed by atoms with van der Waals surface area (Å²) in [5.41, 5.74) is 0. The van der Waals surface area contributed by atoms with Gasteiger partial charge in [0.25, 0.3) is 0 Å². The third-order valence-electron chi connectivity index (χ3n) is 1.63. The molecule has 0 heterocycles. The van der Waals surface area contributed by atoms with Crippen LogP contribution in [0.2, 0.25) is 0 Å². The van der Waals surface area contributed by atoms with E-state index in [2.05, 4.69) is 5.32 Å². The first-order chi connectivity index (χ1) is 6.72. The number of carbonyl (C=O) groups is 2. The number of carbonyl (C=O) groups excluding carboxylic acids is 1. The summed E-state index contributed by atoms with van der Waals surface area (Å²) in [4.78, 5) is 21.0. The molecule has 0 aliphatic carbocycles. The molecule has 88 valence electrons. The van der Waals surface area contributed by atoms with Crippen LogP contribution in [0.3, 0.4) is 0 Å². The average molecular weight is 227 g/mol. The number of alkyl halides is 3. The number of hydrogen-bond donors (Lipinski definition) is 2. The molecule has 0 aromatic carbocycles. The Bertz CT molecular complexity index is 240. The van der Waals surface area contributed by atoms with E-state index in [9.17, 15) is 22.8 Å². The van der Waals surface area contributed by atoms with Crippen LogP contribution < -0.4 is 5.32 Å². The number of nitrogens with one attached hydrogen (secondary N) is 1.